The molecule has 1 heterocycles. The van der Waals surface area contributed by atoms with E-state index < -0.39 is 0 Å². The van der Waals surface area contributed by atoms with Crippen LogP contribution in [0.2, 0.25) is 0 Å². The minimum Gasteiger partial charge on any atom is -0.495 e. The summed E-state index contributed by atoms with van der Waals surface area (Å²) in [4.78, 5) is 10.6. The van der Waals surface area contributed by atoms with E-state index in [1.165, 1.54) is 6.33 Å². The van der Waals surface area contributed by atoms with Gasteiger partial charge in [-0.3, -0.25) is 0 Å². The lowest BCUT2D eigenvalue weighted by Crippen LogP contribution is -2.28. The van der Waals surface area contributed by atoms with Gasteiger partial charge in [0.1, 0.15) is 17.8 Å². The third kappa shape index (κ3) is 5.93. The number of aromatic nitrogens is 2. The van der Waals surface area contributed by atoms with Crippen molar-refractivity contribution in [2.45, 2.75) is 19.8 Å². The van der Waals surface area contributed by atoms with Crippen molar-refractivity contribution in [3.63, 3.8) is 0 Å². The SMILES string of the molecule is CCCN(CCC#N)c1ncncc1NC(=S)Nc1cc(-c2ccccc2)ccc1OC. The first-order valence-corrected chi connectivity index (χ1v) is 10.8. The molecule has 0 saturated carbocycles. The zero-order valence-electron chi connectivity index (χ0n) is 18.2. The number of anilines is 3. The van der Waals surface area contributed by atoms with Gasteiger partial charge in [-0.25, -0.2) is 9.97 Å². The number of rotatable bonds is 9. The van der Waals surface area contributed by atoms with Gasteiger partial charge >= 0.3 is 0 Å². The summed E-state index contributed by atoms with van der Waals surface area (Å²) < 4.78 is 5.51. The standard InChI is InChI=1S/C24H26N6OS/c1-3-13-30(14-7-12-25)23-21(16-26-17-27-23)29-24(32)28-20-15-19(10-11-22(20)31-2)18-8-5-4-6-9-18/h4-6,8-11,15-17H,3,7,13-14H2,1-2H3,(H2,28,29,32). The molecule has 0 aliphatic heterocycles. The van der Waals surface area contributed by atoms with Crippen LogP contribution in [0.3, 0.4) is 0 Å². The number of hydrogen-bond acceptors (Lipinski definition) is 6. The molecule has 8 heteroatoms. The van der Waals surface area contributed by atoms with Gasteiger partial charge in [-0.1, -0.05) is 43.3 Å². The van der Waals surface area contributed by atoms with Crippen molar-refractivity contribution < 1.29 is 4.74 Å². The third-order valence-corrected chi connectivity index (χ3v) is 4.98. The molecule has 32 heavy (non-hydrogen) atoms. The third-order valence-electron chi connectivity index (χ3n) is 4.78. The molecule has 0 amide bonds. The lowest BCUT2D eigenvalue weighted by Gasteiger charge is -2.24. The molecule has 0 saturated heterocycles. The van der Waals surface area contributed by atoms with Crippen LogP contribution in [-0.2, 0) is 0 Å². The Hall–Kier alpha value is -3.70. The summed E-state index contributed by atoms with van der Waals surface area (Å²) in [5.74, 6) is 1.39. The van der Waals surface area contributed by atoms with Gasteiger partial charge in [-0.15, -0.1) is 0 Å². The van der Waals surface area contributed by atoms with Crippen LogP contribution in [0.4, 0.5) is 17.2 Å². The number of methoxy groups -OCH3 is 1. The van der Waals surface area contributed by atoms with E-state index in [1.807, 2.05) is 36.4 Å². The molecule has 3 rings (SSSR count). The van der Waals surface area contributed by atoms with Crippen molar-refractivity contribution in [1.29, 1.82) is 5.26 Å². The van der Waals surface area contributed by atoms with Gasteiger partial charge in [0.15, 0.2) is 10.9 Å². The minimum absolute atomic E-state index is 0.390. The highest BCUT2D eigenvalue weighted by atomic mass is 32.1. The maximum atomic E-state index is 9.00. The van der Waals surface area contributed by atoms with Crippen molar-refractivity contribution in [1.82, 2.24) is 9.97 Å². The Morgan fingerprint density at radius 2 is 1.88 bits per heavy atom. The Morgan fingerprint density at radius 1 is 1.09 bits per heavy atom. The van der Waals surface area contributed by atoms with Crippen LogP contribution in [0.1, 0.15) is 19.8 Å². The maximum Gasteiger partial charge on any atom is 0.175 e. The van der Waals surface area contributed by atoms with Gasteiger partial charge in [0.2, 0.25) is 0 Å². The van der Waals surface area contributed by atoms with E-state index in [2.05, 4.69) is 50.6 Å². The molecule has 164 valence electrons. The smallest absolute Gasteiger partial charge is 0.175 e. The number of nitriles is 1. The fraction of sp³-hybridized carbons (Fsp3) is 0.250. The molecule has 0 bridgehead atoms. The lowest BCUT2D eigenvalue weighted by molar-refractivity contribution is 0.417. The maximum absolute atomic E-state index is 9.00. The second-order valence-electron chi connectivity index (χ2n) is 7.02. The molecule has 3 aromatic rings. The van der Waals surface area contributed by atoms with Gasteiger partial charge in [-0.2, -0.15) is 5.26 Å². The van der Waals surface area contributed by atoms with Crippen LogP contribution < -0.4 is 20.3 Å². The van der Waals surface area contributed by atoms with Crippen LogP contribution in [0.5, 0.6) is 5.75 Å². The van der Waals surface area contributed by atoms with E-state index in [0.29, 0.717) is 35.3 Å². The first kappa shape index (κ1) is 23.0. The quantitative estimate of drug-likeness (QED) is 0.440. The summed E-state index contributed by atoms with van der Waals surface area (Å²) in [6.45, 7) is 3.45. The summed E-state index contributed by atoms with van der Waals surface area (Å²) in [6.07, 6.45) is 4.53. The van der Waals surface area contributed by atoms with Gasteiger partial charge < -0.3 is 20.3 Å². The number of hydrogen-bond donors (Lipinski definition) is 2. The Balaban J connectivity index is 1.81. The number of ether oxygens (including phenoxy) is 1. The second kappa shape index (κ2) is 11.6. The largest absolute Gasteiger partial charge is 0.495 e. The van der Waals surface area contributed by atoms with E-state index >= 15 is 0 Å². The molecule has 0 aliphatic carbocycles. The molecule has 0 radical (unpaired) electrons. The average molecular weight is 447 g/mol. The molecule has 7 nitrogen and oxygen atoms in total. The number of thiocarbonyl (C=S) groups is 1. The first-order valence-electron chi connectivity index (χ1n) is 10.4. The van der Waals surface area contributed by atoms with Crippen LogP contribution in [0.15, 0.2) is 61.1 Å². The van der Waals surface area contributed by atoms with Crippen LogP contribution in [0.25, 0.3) is 11.1 Å². The van der Waals surface area contributed by atoms with Crippen molar-refractivity contribution >= 4 is 34.5 Å². The highest BCUT2D eigenvalue weighted by molar-refractivity contribution is 7.80. The minimum atomic E-state index is 0.390. The molecule has 2 aromatic carbocycles. The molecule has 0 fully saturated rings. The monoisotopic (exact) mass is 446 g/mol. The molecule has 0 spiro atoms. The molecular formula is C24H26N6OS. The summed E-state index contributed by atoms with van der Waals surface area (Å²) >= 11 is 5.58. The van der Waals surface area contributed by atoms with Gasteiger partial charge in [0.05, 0.1) is 31.5 Å². The Bertz CT molecular complexity index is 1080. The van der Waals surface area contributed by atoms with E-state index in [1.54, 1.807) is 13.3 Å². The second-order valence-corrected chi connectivity index (χ2v) is 7.42. The van der Waals surface area contributed by atoms with Crippen LogP contribution in [0, 0.1) is 11.3 Å². The molecular weight excluding hydrogens is 420 g/mol. The van der Waals surface area contributed by atoms with E-state index in [9.17, 15) is 0 Å². The highest BCUT2D eigenvalue weighted by Gasteiger charge is 2.14. The van der Waals surface area contributed by atoms with Crippen molar-refractivity contribution in [3.8, 4) is 22.9 Å². The lowest BCUT2D eigenvalue weighted by atomic mass is 10.0. The van der Waals surface area contributed by atoms with Gasteiger partial charge in [0.25, 0.3) is 0 Å². The van der Waals surface area contributed by atoms with Gasteiger partial charge in [0, 0.05) is 13.1 Å². The topological polar surface area (TPSA) is 86.1 Å². The van der Waals surface area contributed by atoms with E-state index in [0.717, 1.165) is 29.8 Å². The van der Waals surface area contributed by atoms with Crippen molar-refractivity contribution in [2.24, 2.45) is 0 Å². The molecule has 1 aromatic heterocycles. The molecule has 2 N–H and O–H groups in total. The number of nitrogens with one attached hydrogen (secondary N) is 2. The van der Waals surface area contributed by atoms with Crippen molar-refractivity contribution in [3.05, 3.63) is 61.1 Å². The zero-order chi connectivity index (χ0) is 22.8. The summed E-state index contributed by atoms with van der Waals surface area (Å²) in [7, 11) is 1.63. The Labute approximate surface area is 194 Å². The number of benzene rings is 2. The van der Waals surface area contributed by atoms with Crippen LogP contribution >= 0.6 is 12.2 Å². The predicted octanol–water partition coefficient (Wildman–Crippen LogP) is 5.09. The number of nitrogens with zero attached hydrogens (tertiary/aromatic N) is 4. The Morgan fingerprint density at radius 3 is 2.59 bits per heavy atom. The van der Waals surface area contributed by atoms with Crippen molar-refractivity contribution in [2.75, 3.05) is 35.7 Å². The molecule has 0 unspecified atom stereocenters. The molecule has 0 atom stereocenters. The fourth-order valence-corrected chi connectivity index (χ4v) is 3.55. The summed E-state index contributed by atoms with van der Waals surface area (Å²) in [6, 6.07) is 18.2. The zero-order valence-corrected chi connectivity index (χ0v) is 19.0. The summed E-state index contributed by atoms with van der Waals surface area (Å²) in [5.41, 5.74) is 3.57. The fourth-order valence-electron chi connectivity index (χ4n) is 3.33. The van der Waals surface area contributed by atoms with E-state index in [4.69, 9.17) is 22.2 Å². The van der Waals surface area contributed by atoms with E-state index in [-0.39, 0.29) is 0 Å². The summed E-state index contributed by atoms with van der Waals surface area (Å²) in [5, 5.41) is 15.8. The average Bonchev–Trinajstić information content (AvgIpc) is 2.82. The van der Waals surface area contributed by atoms with Gasteiger partial charge in [-0.05, 0) is 41.9 Å². The normalized spacial score (nSPS) is 10.2. The van der Waals surface area contributed by atoms with Crippen LogP contribution in [-0.4, -0.2) is 35.3 Å². The first-order chi connectivity index (χ1) is 15.7. The molecule has 0 aliphatic rings. The highest BCUT2D eigenvalue weighted by Crippen LogP contribution is 2.31. The predicted molar refractivity (Wildman–Crippen MR) is 133 cm³/mol. The Kier molecular flexibility index (Phi) is 8.35.